The maximum absolute atomic E-state index is 11.8. The van der Waals surface area contributed by atoms with E-state index >= 15 is 0 Å². The van der Waals surface area contributed by atoms with Crippen molar-refractivity contribution in [1.29, 1.82) is 0 Å². The first kappa shape index (κ1) is 10.0. The van der Waals surface area contributed by atoms with Gasteiger partial charge in [0.1, 0.15) is 5.69 Å². The molecule has 0 aliphatic heterocycles. The van der Waals surface area contributed by atoms with Gasteiger partial charge in [-0.25, -0.2) is 0 Å². The van der Waals surface area contributed by atoms with E-state index in [1.165, 1.54) is 22.9 Å². The van der Waals surface area contributed by atoms with Crippen LogP contribution in [0.2, 0.25) is 0 Å². The third kappa shape index (κ3) is 1.80. The molecule has 0 aliphatic rings. The number of hydrogen-bond donors (Lipinski definition) is 0. The van der Waals surface area contributed by atoms with Gasteiger partial charge in [0.2, 0.25) is 5.78 Å². The van der Waals surface area contributed by atoms with E-state index in [1.807, 2.05) is 18.4 Å². The molecule has 0 saturated heterocycles. The van der Waals surface area contributed by atoms with E-state index in [0.29, 0.717) is 5.69 Å². The number of ketones is 1. The van der Waals surface area contributed by atoms with Crippen molar-refractivity contribution in [2.24, 2.45) is 0 Å². The number of carbonyl (C=O) groups excluding carboxylic acids is 1. The SMILES string of the molecule is Cc1cc(C(=O)c2ccsn2)sc1Br. The fourth-order valence-corrected chi connectivity index (χ4v) is 3.02. The Labute approximate surface area is 97.9 Å². The Morgan fingerprint density at radius 3 is 2.86 bits per heavy atom. The standard InChI is InChI=1S/C9H6BrNOS2/c1-5-4-7(14-9(5)10)8(12)6-2-3-13-11-6/h2-4H,1H3. The molecule has 0 unspecified atom stereocenters. The predicted octanol–water partition coefficient (Wildman–Crippen LogP) is 3.51. The van der Waals surface area contributed by atoms with Crippen LogP contribution >= 0.6 is 38.8 Å². The third-order valence-electron chi connectivity index (χ3n) is 1.75. The Morgan fingerprint density at radius 1 is 1.57 bits per heavy atom. The number of carbonyl (C=O) groups is 1. The maximum atomic E-state index is 11.8. The summed E-state index contributed by atoms with van der Waals surface area (Å²) in [7, 11) is 0. The molecular weight excluding hydrogens is 282 g/mol. The molecule has 0 aromatic carbocycles. The minimum absolute atomic E-state index is 0.00468. The normalized spacial score (nSPS) is 10.4. The first-order valence-electron chi connectivity index (χ1n) is 3.89. The number of hydrogen-bond acceptors (Lipinski definition) is 4. The lowest BCUT2D eigenvalue weighted by molar-refractivity contribution is 0.103. The molecule has 14 heavy (non-hydrogen) atoms. The topological polar surface area (TPSA) is 30.0 Å². The average Bonchev–Trinajstić information content (AvgIpc) is 2.76. The lowest BCUT2D eigenvalue weighted by Gasteiger charge is -1.89. The summed E-state index contributed by atoms with van der Waals surface area (Å²) in [5.41, 5.74) is 1.62. The highest BCUT2D eigenvalue weighted by Gasteiger charge is 2.14. The van der Waals surface area contributed by atoms with Gasteiger partial charge in [0.05, 0.1) is 8.66 Å². The van der Waals surface area contributed by atoms with Crippen molar-refractivity contribution in [3.63, 3.8) is 0 Å². The molecule has 2 aromatic heterocycles. The minimum atomic E-state index is 0.00468. The van der Waals surface area contributed by atoms with Crippen molar-refractivity contribution in [2.45, 2.75) is 6.92 Å². The van der Waals surface area contributed by atoms with E-state index in [1.54, 1.807) is 6.07 Å². The fourth-order valence-electron chi connectivity index (χ4n) is 1.03. The van der Waals surface area contributed by atoms with E-state index in [-0.39, 0.29) is 5.78 Å². The molecule has 0 spiro atoms. The number of aryl methyl sites for hydroxylation is 1. The van der Waals surface area contributed by atoms with Crippen LogP contribution in [0.25, 0.3) is 0 Å². The van der Waals surface area contributed by atoms with Crippen molar-refractivity contribution >= 4 is 44.6 Å². The summed E-state index contributed by atoms with van der Waals surface area (Å²) in [5, 5.41) is 1.81. The van der Waals surface area contributed by atoms with Gasteiger partial charge in [-0.05, 0) is 52.1 Å². The van der Waals surface area contributed by atoms with E-state index in [0.717, 1.165) is 14.2 Å². The Kier molecular flexibility index (Phi) is 2.80. The first-order valence-corrected chi connectivity index (χ1v) is 6.34. The van der Waals surface area contributed by atoms with Gasteiger partial charge < -0.3 is 0 Å². The molecule has 0 aliphatic carbocycles. The molecule has 0 bridgehead atoms. The monoisotopic (exact) mass is 287 g/mol. The molecule has 0 atom stereocenters. The van der Waals surface area contributed by atoms with Crippen LogP contribution in [-0.2, 0) is 0 Å². The zero-order chi connectivity index (χ0) is 10.1. The van der Waals surface area contributed by atoms with E-state index in [9.17, 15) is 4.79 Å². The average molecular weight is 288 g/mol. The zero-order valence-corrected chi connectivity index (χ0v) is 10.5. The summed E-state index contributed by atoms with van der Waals surface area (Å²) in [6.07, 6.45) is 0. The molecule has 0 radical (unpaired) electrons. The summed E-state index contributed by atoms with van der Waals surface area (Å²) < 4.78 is 5.03. The van der Waals surface area contributed by atoms with Crippen molar-refractivity contribution in [3.05, 3.63) is 37.4 Å². The highest BCUT2D eigenvalue weighted by Crippen LogP contribution is 2.28. The number of aromatic nitrogens is 1. The van der Waals surface area contributed by atoms with Gasteiger partial charge in [-0.1, -0.05) is 0 Å². The third-order valence-corrected chi connectivity index (χ3v) is 4.45. The van der Waals surface area contributed by atoms with E-state index in [2.05, 4.69) is 20.3 Å². The molecule has 72 valence electrons. The van der Waals surface area contributed by atoms with E-state index in [4.69, 9.17) is 0 Å². The molecule has 2 aromatic rings. The molecule has 5 heteroatoms. The summed E-state index contributed by atoms with van der Waals surface area (Å²) in [6.45, 7) is 1.97. The Morgan fingerprint density at radius 2 is 2.36 bits per heavy atom. The van der Waals surface area contributed by atoms with Crippen molar-refractivity contribution in [3.8, 4) is 0 Å². The highest BCUT2D eigenvalue weighted by molar-refractivity contribution is 9.11. The second-order valence-corrected chi connectivity index (χ2v) is 5.82. The lowest BCUT2D eigenvalue weighted by atomic mass is 10.2. The summed E-state index contributed by atoms with van der Waals surface area (Å²) in [5.74, 6) is 0.00468. The number of rotatable bonds is 2. The fraction of sp³-hybridized carbons (Fsp3) is 0.111. The second kappa shape index (κ2) is 3.92. The smallest absolute Gasteiger partial charge is 0.222 e. The summed E-state index contributed by atoms with van der Waals surface area (Å²) >= 11 is 6.14. The van der Waals surface area contributed by atoms with Gasteiger partial charge in [-0.15, -0.1) is 11.3 Å². The van der Waals surface area contributed by atoms with Gasteiger partial charge in [0, 0.05) is 5.38 Å². The van der Waals surface area contributed by atoms with Crippen molar-refractivity contribution in [1.82, 2.24) is 4.37 Å². The maximum Gasteiger partial charge on any atom is 0.222 e. The van der Waals surface area contributed by atoms with Crippen LogP contribution in [0.3, 0.4) is 0 Å². The molecule has 0 saturated carbocycles. The van der Waals surface area contributed by atoms with Gasteiger partial charge in [-0.3, -0.25) is 4.79 Å². The van der Waals surface area contributed by atoms with Crippen LogP contribution in [0.5, 0.6) is 0 Å². The van der Waals surface area contributed by atoms with Gasteiger partial charge in [0.15, 0.2) is 0 Å². The van der Waals surface area contributed by atoms with Crippen LogP contribution in [0.1, 0.15) is 20.9 Å². The Bertz CT molecular complexity index is 442. The molecule has 0 N–H and O–H groups in total. The van der Waals surface area contributed by atoms with Crippen LogP contribution < -0.4 is 0 Å². The van der Waals surface area contributed by atoms with Crippen LogP contribution in [0, 0.1) is 6.92 Å². The Balaban J connectivity index is 2.37. The number of thiophene rings is 1. The molecule has 0 amide bonds. The summed E-state index contributed by atoms with van der Waals surface area (Å²) in [6, 6.07) is 3.63. The van der Waals surface area contributed by atoms with Crippen molar-refractivity contribution in [2.75, 3.05) is 0 Å². The molecule has 2 rings (SSSR count). The van der Waals surface area contributed by atoms with Gasteiger partial charge >= 0.3 is 0 Å². The van der Waals surface area contributed by atoms with Crippen molar-refractivity contribution < 1.29 is 4.79 Å². The van der Waals surface area contributed by atoms with Crippen LogP contribution in [0.15, 0.2) is 21.3 Å². The summed E-state index contributed by atoms with van der Waals surface area (Å²) in [4.78, 5) is 12.5. The van der Waals surface area contributed by atoms with E-state index < -0.39 is 0 Å². The molecular formula is C9H6BrNOS2. The highest BCUT2D eigenvalue weighted by atomic mass is 79.9. The Hall–Kier alpha value is -0.520. The minimum Gasteiger partial charge on any atom is -0.286 e. The second-order valence-electron chi connectivity index (χ2n) is 2.78. The quantitative estimate of drug-likeness (QED) is 0.792. The van der Waals surface area contributed by atoms with Crippen LogP contribution in [-0.4, -0.2) is 10.2 Å². The van der Waals surface area contributed by atoms with Gasteiger partial charge in [0.25, 0.3) is 0 Å². The molecule has 2 nitrogen and oxygen atoms in total. The molecule has 2 heterocycles. The van der Waals surface area contributed by atoms with Gasteiger partial charge in [-0.2, -0.15) is 4.37 Å². The lowest BCUT2D eigenvalue weighted by Crippen LogP contribution is -1.97. The molecule has 0 fully saturated rings. The largest absolute Gasteiger partial charge is 0.286 e. The van der Waals surface area contributed by atoms with Crippen LogP contribution in [0.4, 0.5) is 0 Å². The first-order chi connectivity index (χ1) is 6.68. The zero-order valence-electron chi connectivity index (χ0n) is 7.28. The number of halogens is 1. The predicted molar refractivity (Wildman–Crippen MR) is 62.3 cm³/mol. The number of nitrogens with zero attached hydrogens (tertiary/aromatic N) is 1.